The zero-order chi connectivity index (χ0) is 25.1. The van der Waals surface area contributed by atoms with Gasteiger partial charge in [-0.15, -0.1) is 0 Å². The first-order valence-corrected chi connectivity index (χ1v) is 12.7. The predicted octanol–water partition coefficient (Wildman–Crippen LogP) is 4.49. The zero-order valence-corrected chi connectivity index (χ0v) is 21.1. The van der Waals surface area contributed by atoms with Crippen molar-refractivity contribution in [2.45, 2.75) is 24.1 Å². The normalized spacial score (nSPS) is 12.3. The van der Waals surface area contributed by atoms with Crippen LogP contribution in [0.5, 0.6) is 5.75 Å². The van der Waals surface area contributed by atoms with Crippen molar-refractivity contribution in [1.29, 1.82) is 0 Å². The molecule has 1 atom stereocenters. The van der Waals surface area contributed by atoms with Gasteiger partial charge < -0.3 is 19.3 Å². The molecule has 8 heteroatoms. The highest BCUT2D eigenvalue weighted by molar-refractivity contribution is 7.84. The van der Waals surface area contributed by atoms with Crippen molar-refractivity contribution in [3.63, 3.8) is 0 Å². The van der Waals surface area contributed by atoms with Gasteiger partial charge in [-0.3, -0.25) is 9.19 Å². The Hall–Kier alpha value is -3.49. The fourth-order valence-corrected chi connectivity index (χ4v) is 5.51. The number of nitrogens with zero attached hydrogens (tertiary/aromatic N) is 3. The van der Waals surface area contributed by atoms with Crippen molar-refractivity contribution in [2.75, 3.05) is 20.7 Å². The lowest BCUT2D eigenvalue weighted by Crippen LogP contribution is -2.13. The Kier molecular flexibility index (Phi) is 7.33. The van der Waals surface area contributed by atoms with Crippen LogP contribution in [0.3, 0.4) is 0 Å². The average Bonchev–Trinajstić information content (AvgIpc) is 3.13. The Labute approximate surface area is 207 Å². The fourth-order valence-electron chi connectivity index (χ4n) is 4.30. The molecule has 2 aromatic heterocycles. The molecule has 0 saturated heterocycles. The number of esters is 1. The summed E-state index contributed by atoms with van der Waals surface area (Å²) in [6.07, 6.45) is 3.37. The Bertz CT molecular complexity index is 1380. The number of carbonyl (C=O) groups is 1. The molecule has 2 heterocycles. The van der Waals surface area contributed by atoms with Gasteiger partial charge in [-0.2, -0.15) is 0 Å². The van der Waals surface area contributed by atoms with Crippen molar-refractivity contribution < 1.29 is 18.8 Å². The second-order valence-corrected chi connectivity index (χ2v) is 9.98. The lowest BCUT2D eigenvalue weighted by Gasteiger charge is -2.17. The highest BCUT2D eigenvalue weighted by Gasteiger charge is 2.29. The van der Waals surface area contributed by atoms with E-state index in [-0.39, 0.29) is 18.1 Å². The molecule has 0 amide bonds. The van der Waals surface area contributed by atoms with E-state index in [4.69, 9.17) is 4.74 Å². The highest BCUT2D eigenvalue weighted by Crippen LogP contribution is 2.42. The van der Waals surface area contributed by atoms with Crippen LogP contribution in [0.2, 0.25) is 0 Å². The minimum Gasteiger partial charge on any atom is -0.507 e. The Morgan fingerprint density at radius 1 is 1.17 bits per heavy atom. The number of aromatic hydroxyl groups is 1. The zero-order valence-electron chi connectivity index (χ0n) is 20.3. The maximum Gasteiger partial charge on any atom is 0.340 e. The lowest BCUT2D eigenvalue weighted by atomic mass is 9.96. The number of benzene rings is 2. The quantitative estimate of drug-likeness (QED) is 0.366. The van der Waals surface area contributed by atoms with Crippen LogP contribution >= 0.6 is 0 Å². The minimum atomic E-state index is -1.38. The third-order valence-electron chi connectivity index (χ3n) is 5.89. The minimum absolute atomic E-state index is 0.0890. The van der Waals surface area contributed by atoms with Gasteiger partial charge in [0.25, 0.3) is 0 Å². The van der Waals surface area contributed by atoms with E-state index < -0.39 is 16.8 Å². The molecule has 1 N–H and O–H groups in total. The molecule has 0 aliphatic carbocycles. The van der Waals surface area contributed by atoms with Gasteiger partial charge in [0.15, 0.2) is 0 Å². The lowest BCUT2D eigenvalue weighted by molar-refractivity contribution is 0.0527. The summed E-state index contributed by atoms with van der Waals surface area (Å²) >= 11 is 0. The number of hydrogen-bond acceptors (Lipinski definition) is 6. The molecule has 0 aliphatic heterocycles. The number of ether oxygens (including phenoxy) is 1. The standard InChI is InChI=1S/C27H29N3O4S/c1-5-34-27(32)25-23(17-35(33)19-11-7-6-8-12-19)30(4)22-14-20(18-10-9-13-28-15-18)26(31)21(24(22)25)16-29(2)3/h6-15,31H,5,16-17H2,1-4H3/t35-/m0/s1. The molecule has 2 aromatic carbocycles. The second kappa shape index (κ2) is 10.4. The van der Waals surface area contributed by atoms with E-state index in [1.165, 1.54) is 0 Å². The van der Waals surface area contributed by atoms with Crippen molar-refractivity contribution in [3.05, 3.63) is 77.7 Å². The summed E-state index contributed by atoms with van der Waals surface area (Å²) in [6.45, 7) is 2.36. The average molecular weight is 492 g/mol. The summed E-state index contributed by atoms with van der Waals surface area (Å²) in [6, 6.07) is 14.7. The van der Waals surface area contributed by atoms with Crippen molar-refractivity contribution in [3.8, 4) is 16.9 Å². The molecule has 182 valence electrons. The molecular formula is C27H29N3O4S. The summed E-state index contributed by atoms with van der Waals surface area (Å²) in [5.41, 5.74) is 3.69. The maximum absolute atomic E-state index is 13.3. The van der Waals surface area contributed by atoms with E-state index in [0.29, 0.717) is 39.2 Å². The van der Waals surface area contributed by atoms with E-state index in [1.54, 1.807) is 19.3 Å². The smallest absolute Gasteiger partial charge is 0.340 e. The molecule has 0 radical (unpaired) electrons. The molecule has 0 saturated carbocycles. The Morgan fingerprint density at radius 3 is 2.54 bits per heavy atom. The van der Waals surface area contributed by atoms with Crippen molar-refractivity contribution >= 4 is 27.7 Å². The molecule has 0 spiro atoms. The SMILES string of the molecule is CCOC(=O)c1c(C[S@](=O)c2ccccc2)n(C)c2cc(-c3cccnc3)c(O)c(CN(C)C)c12. The van der Waals surface area contributed by atoms with Gasteiger partial charge in [-0.1, -0.05) is 24.3 Å². The first-order valence-electron chi connectivity index (χ1n) is 11.3. The molecular weight excluding hydrogens is 462 g/mol. The molecule has 7 nitrogen and oxygen atoms in total. The number of phenolic OH excluding ortho intramolecular Hbond substituents is 1. The van der Waals surface area contributed by atoms with Crippen LogP contribution < -0.4 is 0 Å². The molecule has 0 unspecified atom stereocenters. The Balaban J connectivity index is 2.02. The van der Waals surface area contributed by atoms with Crippen LogP contribution in [0.25, 0.3) is 22.0 Å². The fraction of sp³-hybridized carbons (Fsp3) is 0.259. The molecule has 4 aromatic rings. The monoisotopic (exact) mass is 491 g/mol. The van der Waals surface area contributed by atoms with Gasteiger partial charge >= 0.3 is 5.97 Å². The van der Waals surface area contributed by atoms with Crippen LogP contribution in [-0.2, 0) is 34.9 Å². The number of carbonyl (C=O) groups excluding carboxylic acids is 1. The maximum atomic E-state index is 13.3. The Morgan fingerprint density at radius 2 is 1.91 bits per heavy atom. The van der Waals surface area contributed by atoms with E-state index in [9.17, 15) is 14.1 Å². The summed E-state index contributed by atoms with van der Waals surface area (Å²) in [4.78, 5) is 20.1. The van der Waals surface area contributed by atoms with Gasteiger partial charge in [0.05, 0.1) is 34.2 Å². The molecule has 0 aliphatic rings. The second-order valence-electron chi connectivity index (χ2n) is 8.53. The summed E-state index contributed by atoms with van der Waals surface area (Å²) < 4.78 is 20.6. The highest BCUT2D eigenvalue weighted by atomic mass is 32.2. The van der Waals surface area contributed by atoms with Crippen molar-refractivity contribution in [2.24, 2.45) is 7.05 Å². The van der Waals surface area contributed by atoms with Gasteiger partial charge in [0.1, 0.15) is 5.75 Å². The topological polar surface area (TPSA) is 84.7 Å². The predicted molar refractivity (Wildman–Crippen MR) is 138 cm³/mol. The van der Waals surface area contributed by atoms with Gasteiger partial charge in [0, 0.05) is 58.7 Å². The third kappa shape index (κ3) is 4.85. The first-order chi connectivity index (χ1) is 16.8. The van der Waals surface area contributed by atoms with E-state index in [0.717, 1.165) is 11.1 Å². The van der Waals surface area contributed by atoms with Crippen LogP contribution in [0.1, 0.15) is 28.5 Å². The largest absolute Gasteiger partial charge is 0.507 e. The summed E-state index contributed by atoms with van der Waals surface area (Å²) in [5, 5.41) is 12.0. The van der Waals surface area contributed by atoms with E-state index in [2.05, 4.69) is 4.98 Å². The van der Waals surface area contributed by atoms with Crippen LogP contribution in [-0.4, -0.2) is 50.4 Å². The number of fused-ring (bicyclic) bond motifs is 1. The third-order valence-corrected chi connectivity index (χ3v) is 7.22. The number of phenols is 1. The van der Waals surface area contributed by atoms with Gasteiger partial charge in [-0.25, -0.2) is 4.79 Å². The molecule has 0 bridgehead atoms. The first kappa shape index (κ1) is 24.6. The van der Waals surface area contributed by atoms with Crippen LogP contribution in [0.4, 0.5) is 0 Å². The van der Waals surface area contributed by atoms with E-state index >= 15 is 0 Å². The number of aromatic nitrogens is 2. The van der Waals surface area contributed by atoms with Gasteiger partial charge in [-0.05, 0) is 45.3 Å². The van der Waals surface area contributed by atoms with Crippen LogP contribution in [0.15, 0.2) is 65.8 Å². The van der Waals surface area contributed by atoms with Gasteiger partial charge in [0.2, 0.25) is 0 Å². The van der Waals surface area contributed by atoms with E-state index in [1.807, 2.05) is 79.1 Å². The number of rotatable bonds is 8. The van der Waals surface area contributed by atoms with Crippen molar-refractivity contribution in [1.82, 2.24) is 14.5 Å². The number of pyridine rings is 1. The number of aryl methyl sites for hydroxylation is 1. The molecule has 4 rings (SSSR count). The summed E-state index contributed by atoms with van der Waals surface area (Å²) in [5.74, 6) is -0.272. The summed E-state index contributed by atoms with van der Waals surface area (Å²) in [7, 11) is 4.28. The molecule has 35 heavy (non-hydrogen) atoms. The number of hydrogen-bond donors (Lipinski definition) is 1. The van der Waals surface area contributed by atoms with Crippen LogP contribution in [0, 0.1) is 0 Å². The molecule has 0 fully saturated rings.